The Balaban J connectivity index is 2.00. The molecule has 0 spiro atoms. The van der Waals surface area contributed by atoms with E-state index in [2.05, 4.69) is 5.32 Å². The van der Waals surface area contributed by atoms with Crippen LogP contribution in [0, 0.1) is 10.1 Å². The van der Waals surface area contributed by atoms with Crippen LogP contribution in [-0.2, 0) is 11.3 Å². The highest BCUT2D eigenvalue weighted by molar-refractivity contribution is 5.95. The van der Waals surface area contributed by atoms with Gasteiger partial charge in [0.25, 0.3) is 5.69 Å². The summed E-state index contributed by atoms with van der Waals surface area (Å²) in [7, 11) is 0. The first kappa shape index (κ1) is 16.4. The highest BCUT2D eigenvalue weighted by Crippen LogP contribution is 2.17. The van der Waals surface area contributed by atoms with Crippen molar-refractivity contribution in [3.05, 3.63) is 69.8 Å². The van der Waals surface area contributed by atoms with Crippen molar-refractivity contribution in [2.24, 2.45) is 0 Å². The van der Waals surface area contributed by atoms with Gasteiger partial charge in [-0.25, -0.2) is 4.79 Å². The molecule has 0 saturated heterocycles. The molecule has 120 valence electrons. The van der Waals surface area contributed by atoms with Crippen LogP contribution >= 0.6 is 0 Å². The molecule has 0 radical (unpaired) electrons. The van der Waals surface area contributed by atoms with Crippen molar-refractivity contribution in [2.45, 2.75) is 6.61 Å². The summed E-state index contributed by atoms with van der Waals surface area (Å²) >= 11 is 0. The highest BCUT2D eigenvalue weighted by atomic mass is 16.6. The molecule has 7 nitrogen and oxygen atoms in total. The molecule has 0 aliphatic rings. The monoisotopic (exact) mass is 316 g/mol. The van der Waals surface area contributed by atoms with Crippen molar-refractivity contribution in [2.75, 3.05) is 18.5 Å². The Labute approximate surface area is 132 Å². The molecule has 2 N–H and O–H groups in total. The van der Waals surface area contributed by atoms with Crippen LogP contribution in [0.15, 0.2) is 48.5 Å². The molecular formula is C16H16N2O5. The van der Waals surface area contributed by atoms with Crippen molar-refractivity contribution in [3.63, 3.8) is 0 Å². The molecule has 2 aromatic rings. The predicted molar refractivity (Wildman–Crippen MR) is 84.2 cm³/mol. The summed E-state index contributed by atoms with van der Waals surface area (Å²) < 4.78 is 5.22. The molecule has 0 aromatic heterocycles. The van der Waals surface area contributed by atoms with Crippen LogP contribution in [0.2, 0.25) is 0 Å². The third kappa shape index (κ3) is 4.52. The lowest BCUT2D eigenvalue weighted by molar-refractivity contribution is -0.384. The van der Waals surface area contributed by atoms with E-state index in [1.807, 2.05) is 0 Å². The molecule has 0 unspecified atom stereocenters. The van der Waals surface area contributed by atoms with Gasteiger partial charge in [-0.05, 0) is 29.8 Å². The second-order valence-electron chi connectivity index (χ2n) is 4.70. The first-order valence-corrected chi connectivity index (χ1v) is 6.96. The summed E-state index contributed by atoms with van der Waals surface area (Å²) in [5, 5.41) is 22.4. The first-order valence-electron chi connectivity index (χ1n) is 6.96. The molecule has 0 fully saturated rings. The van der Waals surface area contributed by atoms with Crippen molar-refractivity contribution >= 4 is 17.3 Å². The molecule has 0 bridgehead atoms. The molecule has 7 heteroatoms. The number of benzene rings is 2. The van der Waals surface area contributed by atoms with Crippen LogP contribution in [-0.4, -0.2) is 29.2 Å². The van der Waals surface area contributed by atoms with E-state index in [0.717, 1.165) is 0 Å². The number of nitrogens with zero attached hydrogens (tertiary/aromatic N) is 1. The topological polar surface area (TPSA) is 102 Å². The zero-order chi connectivity index (χ0) is 16.7. The lowest BCUT2D eigenvalue weighted by Crippen LogP contribution is -2.12. The Kier molecular flexibility index (Phi) is 5.65. The molecule has 0 heterocycles. The summed E-state index contributed by atoms with van der Waals surface area (Å²) in [6.45, 7) is 0.296. The molecule has 23 heavy (non-hydrogen) atoms. The summed E-state index contributed by atoms with van der Waals surface area (Å²) in [5.74, 6) is -0.510. The zero-order valence-electron chi connectivity index (χ0n) is 12.3. The fraction of sp³-hybridized carbons (Fsp3) is 0.188. The summed E-state index contributed by atoms with van der Waals surface area (Å²) in [5.41, 5.74) is 1.58. The minimum Gasteiger partial charge on any atom is -0.457 e. The van der Waals surface area contributed by atoms with E-state index < -0.39 is 10.9 Å². The van der Waals surface area contributed by atoms with Crippen LogP contribution in [0.25, 0.3) is 0 Å². The number of non-ortho nitro benzene ring substituents is 1. The van der Waals surface area contributed by atoms with Crippen molar-refractivity contribution < 1.29 is 19.6 Å². The minimum absolute atomic E-state index is 0.0152. The number of anilines is 1. The average Bonchev–Trinajstić information content (AvgIpc) is 2.58. The number of hydrogen-bond donors (Lipinski definition) is 2. The second kappa shape index (κ2) is 7.90. The maximum absolute atomic E-state index is 12.1. The number of hydrogen-bond acceptors (Lipinski definition) is 6. The fourth-order valence-electron chi connectivity index (χ4n) is 1.95. The Bertz CT molecular complexity index is 685. The number of nitro groups is 1. The molecule has 0 amide bonds. The second-order valence-corrected chi connectivity index (χ2v) is 4.70. The van der Waals surface area contributed by atoms with Gasteiger partial charge in [0.05, 0.1) is 17.1 Å². The van der Waals surface area contributed by atoms with Crippen LogP contribution in [0.3, 0.4) is 0 Å². The Morgan fingerprint density at radius 3 is 2.52 bits per heavy atom. The normalized spacial score (nSPS) is 10.1. The number of carbonyl (C=O) groups is 1. The predicted octanol–water partition coefficient (Wildman–Crippen LogP) is 2.36. The van der Waals surface area contributed by atoms with Gasteiger partial charge in [0.1, 0.15) is 6.61 Å². The van der Waals surface area contributed by atoms with Crippen LogP contribution in [0.5, 0.6) is 0 Å². The third-order valence-corrected chi connectivity index (χ3v) is 3.09. The van der Waals surface area contributed by atoms with E-state index in [1.165, 1.54) is 12.1 Å². The van der Waals surface area contributed by atoms with Gasteiger partial charge in [-0.3, -0.25) is 10.1 Å². The van der Waals surface area contributed by atoms with Gasteiger partial charge >= 0.3 is 5.97 Å². The number of esters is 1. The highest BCUT2D eigenvalue weighted by Gasteiger charge is 2.12. The smallest absolute Gasteiger partial charge is 0.340 e. The standard InChI is InChI=1S/C16H16N2O5/c19-10-9-17-15-4-2-1-3-14(15)16(20)23-11-12-5-7-13(8-6-12)18(21)22/h1-8,17,19H,9-11H2. The number of aliphatic hydroxyl groups excluding tert-OH is 1. The zero-order valence-corrected chi connectivity index (χ0v) is 12.3. The van der Waals surface area contributed by atoms with Gasteiger partial charge in [0.2, 0.25) is 0 Å². The largest absolute Gasteiger partial charge is 0.457 e. The van der Waals surface area contributed by atoms with Crippen LogP contribution in [0.1, 0.15) is 15.9 Å². The van der Waals surface area contributed by atoms with Gasteiger partial charge in [0.15, 0.2) is 0 Å². The molecule has 0 atom stereocenters. The third-order valence-electron chi connectivity index (χ3n) is 3.09. The SMILES string of the molecule is O=C(OCc1ccc([N+](=O)[O-])cc1)c1ccccc1NCCO. The molecule has 2 aromatic carbocycles. The quantitative estimate of drug-likeness (QED) is 0.462. The van der Waals surface area contributed by atoms with Crippen LogP contribution in [0.4, 0.5) is 11.4 Å². The number of rotatable bonds is 7. The number of aliphatic hydroxyl groups is 1. The number of nitro benzene ring substituents is 1. The van der Waals surface area contributed by atoms with E-state index in [4.69, 9.17) is 9.84 Å². The number of nitrogens with one attached hydrogen (secondary N) is 1. The van der Waals surface area contributed by atoms with E-state index in [0.29, 0.717) is 23.4 Å². The number of ether oxygens (including phenoxy) is 1. The molecule has 0 aliphatic carbocycles. The lowest BCUT2D eigenvalue weighted by atomic mass is 10.1. The number of carbonyl (C=O) groups excluding carboxylic acids is 1. The minimum atomic E-state index is -0.510. The maximum atomic E-state index is 12.1. The van der Waals surface area contributed by atoms with Crippen molar-refractivity contribution in [1.82, 2.24) is 0 Å². The van der Waals surface area contributed by atoms with Gasteiger partial charge in [-0.1, -0.05) is 12.1 Å². The molecular weight excluding hydrogens is 300 g/mol. The summed E-state index contributed by atoms with van der Waals surface area (Å²) in [6, 6.07) is 12.6. The Hall–Kier alpha value is -2.93. The van der Waals surface area contributed by atoms with Gasteiger partial charge in [0, 0.05) is 24.4 Å². The summed E-state index contributed by atoms with van der Waals surface area (Å²) in [6.07, 6.45) is 0. The Morgan fingerprint density at radius 1 is 1.17 bits per heavy atom. The first-order chi connectivity index (χ1) is 11.1. The number of para-hydroxylation sites is 1. The molecule has 2 rings (SSSR count). The maximum Gasteiger partial charge on any atom is 0.340 e. The van der Waals surface area contributed by atoms with E-state index in [9.17, 15) is 14.9 Å². The average molecular weight is 316 g/mol. The van der Waals surface area contributed by atoms with Gasteiger partial charge in [-0.15, -0.1) is 0 Å². The van der Waals surface area contributed by atoms with Crippen molar-refractivity contribution in [1.29, 1.82) is 0 Å². The van der Waals surface area contributed by atoms with Gasteiger partial charge in [-0.2, -0.15) is 0 Å². The Morgan fingerprint density at radius 2 is 1.87 bits per heavy atom. The van der Waals surface area contributed by atoms with Gasteiger partial charge < -0.3 is 15.2 Å². The summed E-state index contributed by atoms with van der Waals surface area (Å²) in [4.78, 5) is 22.2. The molecule has 0 aliphatic heterocycles. The fourth-order valence-corrected chi connectivity index (χ4v) is 1.95. The van der Waals surface area contributed by atoms with E-state index >= 15 is 0 Å². The van der Waals surface area contributed by atoms with Crippen molar-refractivity contribution in [3.8, 4) is 0 Å². The molecule has 0 saturated carbocycles. The van der Waals surface area contributed by atoms with Crippen LogP contribution < -0.4 is 5.32 Å². The lowest BCUT2D eigenvalue weighted by Gasteiger charge is -2.11. The van der Waals surface area contributed by atoms with E-state index in [-0.39, 0.29) is 18.9 Å². The van der Waals surface area contributed by atoms with E-state index in [1.54, 1.807) is 36.4 Å².